The summed E-state index contributed by atoms with van der Waals surface area (Å²) in [4.78, 5) is 29.6. The zero-order chi connectivity index (χ0) is 19.4. The fourth-order valence-electron chi connectivity index (χ4n) is 3.36. The molecular weight excluding hydrogens is 338 g/mol. The third-order valence-electron chi connectivity index (χ3n) is 4.55. The minimum atomic E-state index is -0.166. The van der Waals surface area contributed by atoms with E-state index in [1.165, 1.54) is 0 Å². The molecule has 5 heteroatoms. The van der Waals surface area contributed by atoms with Gasteiger partial charge in [-0.15, -0.1) is 0 Å². The van der Waals surface area contributed by atoms with Crippen molar-refractivity contribution in [1.29, 1.82) is 0 Å². The molecular formula is C22H25N3O2. The van der Waals surface area contributed by atoms with E-state index in [0.717, 1.165) is 39.7 Å². The molecule has 1 heterocycles. The first-order valence-corrected chi connectivity index (χ1v) is 9.22. The quantitative estimate of drug-likeness (QED) is 0.696. The molecule has 0 atom stereocenters. The van der Waals surface area contributed by atoms with Crippen LogP contribution < -0.4 is 10.9 Å². The maximum absolute atomic E-state index is 12.8. The third kappa shape index (κ3) is 4.37. The number of para-hydroxylation sites is 1. The van der Waals surface area contributed by atoms with Crippen LogP contribution in [0.15, 0.2) is 53.3 Å². The number of fused-ring (bicyclic) bond motifs is 1. The van der Waals surface area contributed by atoms with E-state index in [1.807, 2.05) is 57.2 Å². The number of rotatable bonds is 5. The van der Waals surface area contributed by atoms with Gasteiger partial charge < -0.3 is 15.2 Å². The van der Waals surface area contributed by atoms with E-state index in [-0.39, 0.29) is 11.6 Å². The highest BCUT2D eigenvalue weighted by Gasteiger charge is 2.16. The normalized spacial score (nSPS) is 10.8. The second kappa shape index (κ2) is 8.08. The highest BCUT2D eigenvalue weighted by molar-refractivity contribution is 5.90. The summed E-state index contributed by atoms with van der Waals surface area (Å²) in [6, 6.07) is 14.9. The lowest BCUT2D eigenvalue weighted by Gasteiger charge is -2.23. The average Bonchev–Trinajstić information content (AvgIpc) is 2.63. The standard InChI is InChI=1S/C22H25N3O2/c1-4-10-25(22(27)23-18-8-6-5-7-9-18)14-17-13-20(26)24-21-16(3)11-15(2)12-19(17)21/h5-9,11-13H,4,10,14H2,1-3H3,(H,23,27)(H,24,26). The number of hydrogen-bond donors (Lipinski definition) is 2. The predicted octanol–water partition coefficient (Wildman–Crippen LogP) is 4.59. The fraction of sp³-hybridized carbons (Fsp3) is 0.273. The number of urea groups is 1. The second-order valence-corrected chi connectivity index (χ2v) is 6.88. The molecule has 0 spiro atoms. The summed E-state index contributed by atoms with van der Waals surface area (Å²) in [5.41, 5.74) is 4.46. The van der Waals surface area contributed by atoms with Gasteiger partial charge in [0.05, 0.1) is 5.52 Å². The Balaban J connectivity index is 1.95. The maximum atomic E-state index is 12.8. The minimum absolute atomic E-state index is 0.149. The molecule has 5 nitrogen and oxygen atoms in total. The smallest absolute Gasteiger partial charge is 0.322 e. The number of carbonyl (C=O) groups is 1. The van der Waals surface area contributed by atoms with Crippen LogP contribution in [-0.4, -0.2) is 22.5 Å². The van der Waals surface area contributed by atoms with Gasteiger partial charge in [0, 0.05) is 30.2 Å². The molecule has 0 aliphatic rings. The van der Waals surface area contributed by atoms with Crippen molar-refractivity contribution in [1.82, 2.24) is 9.88 Å². The van der Waals surface area contributed by atoms with Crippen LogP contribution in [0.3, 0.4) is 0 Å². The number of pyridine rings is 1. The highest BCUT2D eigenvalue weighted by Crippen LogP contribution is 2.22. The van der Waals surface area contributed by atoms with E-state index >= 15 is 0 Å². The molecule has 0 saturated carbocycles. The molecule has 2 N–H and O–H groups in total. The molecule has 0 radical (unpaired) electrons. The Labute approximate surface area is 159 Å². The van der Waals surface area contributed by atoms with Crippen LogP contribution in [0.5, 0.6) is 0 Å². The van der Waals surface area contributed by atoms with Gasteiger partial charge in [-0.2, -0.15) is 0 Å². The third-order valence-corrected chi connectivity index (χ3v) is 4.55. The number of benzene rings is 2. The van der Waals surface area contributed by atoms with Crippen LogP contribution in [0, 0.1) is 13.8 Å². The van der Waals surface area contributed by atoms with Crippen LogP contribution in [0.1, 0.15) is 30.0 Å². The van der Waals surface area contributed by atoms with Gasteiger partial charge >= 0.3 is 6.03 Å². The van der Waals surface area contributed by atoms with Crippen molar-refractivity contribution in [2.24, 2.45) is 0 Å². The van der Waals surface area contributed by atoms with Gasteiger partial charge in [-0.1, -0.05) is 36.8 Å². The number of aryl methyl sites for hydroxylation is 2. The van der Waals surface area contributed by atoms with Crippen molar-refractivity contribution in [3.63, 3.8) is 0 Å². The Morgan fingerprint density at radius 1 is 1.11 bits per heavy atom. The van der Waals surface area contributed by atoms with E-state index in [2.05, 4.69) is 16.4 Å². The molecule has 27 heavy (non-hydrogen) atoms. The van der Waals surface area contributed by atoms with E-state index in [1.54, 1.807) is 11.0 Å². The van der Waals surface area contributed by atoms with E-state index in [0.29, 0.717) is 13.1 Å². The first-order valence-electron chi connectivity index (χ1n) is 9.22. The summed E-state index contributed by atoms with van der Waals surface area (Å²) >= 11 is 0. The maximum Gasteiger partial charge on any atom is 0.322 e. The summed E-state index contributed by atoms with van der Waals surface area (Å²) in [7, 11) is 0. The lowest BCUT2D eigenvalue weighted by Crippen LogP contribution is -2.35. The van der Waals surface area contributed by atoms with Crippen LogP contribution in [0.2, 0.25) is 0 Å². The number of nitrogens with one attached hydrogen (secondary N) is 2. The van der Waals surface area contributed by atoms with Crippen molar-refractivity contribution in [2.75, 3.05) is 11.9 Å². The Morgan fingerprint density at radius 3 is 2.56 bits per heavy atom. The van der Waals surface area contributed by atoms with Crippen molar-refractivity contribution < 1.29 is 4.79 Å². The molecule has 0 aliphatic heterocycles. The number of nitrogens with zero attached hydrogens (tertiary/aromatic N) is 1. The molecule has 0 aliphatic carbocycles. The van der Waals surface area contributed by atoms with Gasteiger partial charge in [-0.05, 0) is 49.6 Å². The Morgan fingerprint density at radius 2 is 1.85 bits per heavy atom. The SMILES string of the molecule is CCCN(Cc1cc(=O)[nH]c2c(C)cc(C)cc12)C(=O)Nc1ccccc1. The van der Waals surface area contributed by atoms with Gasteiger partial charge in [0.1, 0.15) is 0 Å². The number of aromatic nitrogens is 1. The van der Waals surface area contributed by atoms with Crippen LogP contribution in [0.4, 0.5) is 10.5 Å². The molecule has 3 aromatic rings. The molecule has 140 valence electrons. The van der Waals surface area contributed by atoms with Gasteiger partial charge in [0.15, 0.2) is 0 Å². The number of H-pyrrole nitrogens is 1. The summed E-state index contributed by atoms with van der Waals surface area (Å²) in [5.74, 6) is 0. The lowest BCUT2D eigenvalue weighted by atomic mass is 10.0. The van der Waals surface area contributed by atoms with Crippen LogP contribution >= 0.6 is 0 Å². The molecule has 1 aromatic heterocycles. The number of aromatic amines is 1. The number of anilines is 1. The molecule has 0 saturated heterocycles. The molecule has 3 rings (SSSR count). The summed E-state index contributed by atoms with van der Waals surface area (Å²) < 4.78 is 0. The van der Waals surface area contributed by atoms with Crippen molar-refractivity contribution in [2.45, 2.75) is 33.7 Å². The second-order valence-electron chi connectivity index (χ2n) is 6.88. The van der Waals surface area contributed by atoms with Crippen LogP contribution in [0.25, 0.3) is 10.9 Å². The summed E-state index contributed by atoms with van der Waals surface area (Å²) in [5, 5.41) is 3.92. The van der Waals surface area contributed by atoms with E-state index in [4.69, 9.17) is 0 Å². The van der Waals surface area contributed by atoms with Gasteiger partial charge in [0.2, 0.25) is 5.56 Å². The zero-order valence-electron chi connectivity index (χ0n) is 16.0. The van der Waals surface area contributed by atoms with Crippen LogP contribution in [-0.2, 0) is 6.54 Å². The first-order chi connectivity index (χ1) is 13.0. The topological polar surface area (TPSA) is 65.2 Å². The van der Waals surface area contributed by atoms with E-state index in [9.17, 15) is 9.59 Å². The van der Waals surface area contributed by atoms with Gasteiger partial charge in [-0.3, -0.25) is 4.79 Å². The van der Waals surface area contributed by atoms with E-state index < -0.39 is 0 Å². The number of amides is 2. The monoisotopic (exact) mass is 363 g/mol. The Kier molecular flexibility index (Phi) is 5.60. The lowest BCUT2D eigenvalue weighted by molar-refractivity contribution is 0.209. The summed E-state index contributed by atoms with van der Waals surface area (Å²) in [6.07, 6.45) is 0.835. The number of hydrogen-bond acceptors (Lipinski definition) is 2. The largest absolute Gasteiger partial charge is 0.322 e. The van der Waals surface area contributed by atoms with Crippen molar-refractivity contribution >= 4 is 22.6 Å². The Hall–Kier alpha value is -3.08. The zero-order valence-corrected chi connectivity index (χ0v) is 16.0. The molecule has 0 unspecified atom stereocenters. The average molecular weight is 363 g/mol. The minimum Gasteiger partial charge on any atom is -0.322 e. The number of carbonyl (C=O) groups excluding carboxylic acids is 1. The van der Waals surface area contributed by atoms with Gasteiger partial charge in [-0.25, -0.2) is 4.79 Å². The van der Waals surface area contributed by atoms with Crippen molar-refractivity contribution in [3.8, 4) is 0 Å². The summed E-state index contributed by atoms with van der Waals surface area (Å²) in [6.45, 7) is 7.05. The molecule has 2 aromatic carbocycles. The fourth-order valence-corrected chi connectivity index (χ4v) is 3.36. The highest BCUT2D eigenvalue weighted by atomic mass is 16.2. The Bertz CT molecular complexity index is 1010. The van der Waals surface area contributed by atoms with Gasteiger partial charge in [0.25, 0.3) is 0 Å². The van der Waals surface area contributed by atoms with Crippen molar-refractivity contribution in [3.05, 3.63) is 75.6 Å². The molecule has 2 amide bonds. The molecule has 0 fully saturated rings. The molecule has 0 bridgehead atoms. The predicted molar refractivity (Wildman–Crippen MR) is 110 cm³/mol. The first kappa shape index (κ1) is 18.7.